The van der Waals surface area contributed by atoms with Gasteiger partial charge in [0, 0.05) is 0 Å². The van der Waals surface area contributed by atoms with Crippen molar-refractivity contribution >= 4 is 0 Å². The molecule has 1 aliphatic rings. The third kappa shape index (κ3) is 1.12. The predicted octanol–water partition coefficient (Wildman–Crippen LogP) is 3.22. The molecule has 0 heteroatoms. The van der Waals surface area contributed by atoms with E-state index in [0.29, 0.717) is 5.41 Å². The van der Waals surface area contributed by atoms with Crippen molar-refractivity contribution in [3.05, 3.63) is 0 Å². The van der Waals surface area contributed by atoms with E-state index in [1.54, 1.807) is 0 Å². The van der Waals surface area contributed by atoms with Gasteiger partial charge in [-0.15, -0.1) is 0 Å². The molecule has 0 aliphatic heterocycles. The lowest BCUT2D eigenvalue weighted by Crippen LogP contribution is -2.17. The van der Waals surface area contributed by atoms with Gasteiger partial charge in [0.15, 0.2) is 0 Å². The minimum Gasteiger partial charge on any atom is -0.0649 e. The maximum Gasteiger partial charge on any atom is -0.0303 e. The van der Waals surface area contributed by atoms with Gasteiger partial charge in [0.25, 0.3) is 0 Å². The van der Waals surface area contributed by atoms with Crippen LogP contribution < -0.4 is 0 Å². The molecular weight excluding hydrogens is 108 g/mol. The molecule has 0 nitrogen and oxygen atoms in total. The van der Waals surface area contributed by atoms with Gasteiger partial charge in [0.05, 0.1) is 0 Å². The van der Waals surface area contributed by atoms with E-state index in [1.165, 1.54) is 25.7 Å². The molecule has 0 amide bonds. The average molecular weight is 126 g/mol. The van der Waals surface area contributed by atoms with Crippen LogP contribution in [0.2, 0.25) is 0 Å². The molecular formula is C9H18. The minimum absolute atomic E-state index is 0.694. The van der Waals surface area contributed by atoms with E-state index in [-0.39, 0.29) is 0 Å². The summed E-state index contributed by atoms with van der Waals surface area (Å²) >= 11 is 0. The van der Waals surface area contributed by atoms with Gasteiger partial charge in [-0.3, -0.25) is 0 Å². The quantitative estimate of drug-likeness (QED) is 0.506. The summed E-state index contributed by atoms with van der Waals surface area (Å²) in [5.74, 6) is 0.975. The van der Waals surface area contributed by atoms with Crippen molar-refractivity contribution in [1.82, 2.24) is 0 Å². The Morgan fingerprint density at radius 1 is 1.56 bits per heavy atom. The minimum atomic E-state index is 0.694. The van der Waals surface area contributed by atoms with Crippen LogP contribution in [0, 0.1) is 11.3 Å². The van der Waals surface area contributed by atoms with Gasteiger partial charge in [-0.25, -0.2) is 0 Å². The third-order valence-corrected chi connectivity index (χ3v) is 3.38. The summed E-state index contributed by atoms with van der Waals surface area (Å²) in [6, 6.07) is 0. The second-order valence-electron chi connectivity index (χ2n) is 3.80. The van der Waals surface area contributed by atoms with Crippen molar-refractivity contribution < 1.29 is 0 Å². The summed E-state index contributed by atoms with van der Waals surface area (Å²) in [6.07, 6.45) is 5.76. The van der Waals surface area contributed by atoms with E-state index < -0.39 is 0 Å². The first kappa shape index (κ1) is 7.11. The largest absolute Gasteiger partial charge is 0.0649 e. The highest BCUT2D eigenvalue weighted by molar-refractivity contribution is 4.84. The van der Waals surface area contributed by atoms with Crippen molar-refractivity contribution in [2.45, 2.75) is 46.5 Å². The van der Waals surface area contributed by atoms with Crippen molar-refractivity contribution in [2.75, 3.05) is 0 Å². The highest BCUT2D eigenvalue weighted by atomic mass is 14.4. The predicted molar refractivity (Wildman–Crippen MR) is 41.4 cm³/mol. The van der Waals surface area contributed by atoms with E-state index in [9.17, 15) is 0 Å². The Hall–Kier alpha value is 0. The molecule has 0 aromatic carbocycles. The molecule has 0 aromatic heterocycles. The zero-order valence-electron chi connectivity index (χ0n) is 6.91. The normalized spacial score (nSPS) is 43.7. The van der Waals surface area contributed by atoms with Crippen molar-refractivity contribution in [3.8, 4) is 0 Å². The topological polar surface area (TPSA) is 0 Å². The van der Waals surface area contributed by atoms with Gasteiger partial charge in [-0.05, 0) is 17.8 Å². The van der Waals surface area contributed by atoms with Crippen LogP contribution in [-0.4, -0.2) is 0 Å². The molecule has 0 heterocycles. The molecule has 9 heavy (non-hydrogen) atoms. The summed E-state index contributed by atoms with van der Waals surface area (Å²) in [4.78, 5) is 0. The first-order valence-electron chi connectivity index (χ1n) is 4.19. The summed E-state index contributed by atoms with van der Waals surface area (Å²) in [5.41, 5.74) is 0.694. The number of hydrogen-bond acceptors (Lipinski definition) is 0. The van der Waals surface area contributed by atoms with E-state index >= 15 is 0 Å². The molecule has 1 rings (SSSR count). The smallest absolute Gasteiger partial charge is 0.0303 e. The molecule has 2 unspecified atom stereocenters. The first-order chi connectivity index (χ1) is 4.19. The van der Waals surface area contributed by atoms with Crippen LogP contribution in [0.4, 0.5) is 0 Å². The zero-order chi connectivity index (χ0) is 6.91. The highest BCUT2D eigenvalue weighted by Gasteiger charge is 2.33. The second-order valence-corrected chi connectivity index (χ2v) is 3.80. The highest BCUT2D eigenvalue weighted by Crippen LogP contribution is 2.44. The van der Waals surface area contributed by atoms with Crippen molar-refractivity contribution in [2.24, 2.45) is 11.3 Å². The van der Waals surface area contributed by atoms with Crippen molar-refractivity contribution in [1.29, 1.82) is 0 Å². The summed E-state index contributed by atoms with van der Waals surface area (Å²) in [7, 11) is 0. The van der Waals surface area contributed by atoms with E-state index in [1.807, 2.05) is 0 Å². The molecule has 0 saturated heterocycles. The zero-order valence-corrected chi connectivity index (χ0v) is 6.91. The van der Waals surface area contributed by atoms with Gasteiger partial charge in [0.1, 0.15) is 0 Å². The fourth-order valence-corrected chi connectivity index (χ4v) is 1.93. The summed E-state index contributed by atoms with van der Waals surface area (Å²) in [6.45, 7) is 7.16. The Morgan fingerprint density at radius 3 is 2.44 bits per heavy atom. The van der Waals surface area contributed by atoms with Gasteiger partial charge in [-0.2, -0.15) is 0 Å². The molecule has 0 spiro atoms. The Morgan fingerprint density at radius 2 is 2.22 bits per heavy atom. The van der Waals surface area contributed by atoms with Crippen molar-refractivity contribution in [3.63, 3.8) is 0 Å². The summed E-state index contributed by atoms with van der Waals surface area (Å²) < 4.78 is 0. The molecule has 2 atom stereocenters. The number of hydrogen-bond donors (Lipinski definition) is 0. The third-order valence-electron chi connectivity index (χ3n) is 3.38. The van der Waals surface area contributed by atoms with Gasteiger partial charge >= 0.3 is 0 Å². The van der Waals surface area contributed by atoms with Crippen LogP contribution in [0.25, 0.3) is 0 Å². The molecule has 0 bridgehead atoms. The van der Waals surface area contributed by atoms with Gasteiger partial charge in [0.2, 0.25) is 0 Å². The van der Waals surface area contributed by atoms with Crippen LogP contribution in [0.5, 0.6) is 0 Å². The lowest BCUT2D eigenvalue weighted by Gasteiger charge is -2.27. The fraction of sp³-hybridized carbons (Fsp3) is 1.00. The molecule has 1 aliphatic carbocycles. The lowest BCUT2D eigenvalue weighted by molar-refractivity contribution is 0.236. The number of rotatable bonds is 1. The summed E-state index contributed by atoms with van der Waals surface area (Å²) in [5, 5.41) is 0. The average Bonchev–Trinajstić information content (AvgIpc) is 2.15. The van der Waals surface area contributed by atoms with E-state index in [2.05, 4.69) is 20.8 Å². The van der Waals surface area contributed by atoms with Crippen LogP contribution >= 0.6 is 0 Å². The van der Waals surface area contributed by atoms with Crippen LogP contribution in [0.15, 0.2) is 0 Å². The standard InChI is InChI=1S/C9H18/c1-4-9(3)7-5-6-8(9)2/h8H,4-7H2,1-3H3. The van der Waals surface area contributed by atoms with Crippen LogP contribution in [0.3, 0.4) is 0 Å². The molecule has 54 valence electrons. The molecule has 1 saturated carbocycles. The van der Waals surface area contributed by atoms with Crippen LogP contribution in [0.1, 0.15) is 46.5 Å². The Labute approximate surface area is 58.7 Å². The lowest BCUT2D eigenvalue weighted by atomic mass is 9.79. The molecule has 0 N–H and O–H groups in total. The van der Waals surface area contributed by atoms with E-state index in [4.69, 9.17) is 0 Å². The molecule has 1 fully saturated rings. The van der Waals surface area contributed by atoms with Crippen LogP contribution in [-0.2, 0) is 0 Å². The van der Waals surface area contributed by atoms with Gasteiger partial charge in [-0.1, -0.05) is 40.0 Å². The monoisotopic (exact) mass is 126 g/mol. The maximum absolute atomic E-state index is 2.44. The second kappa shape index (κ2) is 2.32. The molecule has 0 radical (unpaired) electrons. The Kier molecular flexibility index (Phi) is 1.83. The SMILES string of the molecule is CCC1(C)CCCC1C. The maximum atomic E-state index is 2.44. The Balaban J connectivity index is 2.56. The van der Waals surface area contributed by atoms with Gasteiger partial charge < -0.3 is 0 Å². The Bertz CT molecular complexity index is 96.2. The fourth-order valence-electron chi connectivity index (χ4n) is 1.93. The first-order valence-corrected chi connectivity index (χ1v) is 4.19. The van der Waals surface area contributed by atoms with E-state index in [0.717, 1.165) is 5.92 Å². The molecule has 0 aromatic rings.